The summed E-state index contributed by atoms with van der Waals surface area (Å²) in [5, 5.41) is 11.9. The summed E-state index contributed by atoms with van der Waals surface area (Å²) in [7, 11) is 0. The molecule has 0 bridgehead atoms. The summed E-state index contributed by atoms with van der Waals surface area (Å²) in [5.74, 6) is 0.729. The van der Waals surface area contributed by atoms with E-state index in [-0.39, 0.29) is 17.4 Å². The minimum atomic E-state index is -1.01. The number of hydrogen-bond donors (Lipinski definition) is 2. The van der Waals surface area contributed by atoms with Crippen molar-refractivity contribution in [1.82, 2.24) is 0 Å². The van der Waals surface area contributed by atoms with Crippen molar-refractivity contribution in [3.63, 3.8) is 0 Å². The van der Waals surface area contributed by atoms with Crippen LogP contribution >= 0.6 is 11.8 Å². The Bertz CT molecular complexity index is 481. The quantitative estimate of drug-likeness (QED) is 0.880. The zero-order valence-electron chi connectivity index (χ0n) is 10.1. The summed E-state index contributed by atoms with van der Waals surface area (Å²) in [6, 6.07) is 5.11. The van der Waals surface area contributed by atoms with Gasteiger partial charge in [-0.05, 0) is 30.7 Å². The lowest BCUT2D eigenvalue weighted by Gasteiger charge is -2.13. The lowest BCUT2D eigenvalue weighted by Crippen LogP contribution is -2.23. The van der Waals surface area contributed by atoms with E-state index in [1.54, 1.807) is 36.9 Å². The van der Waals surface area contributed by atoms with Crippen LogP contribution in [-0.4, -0.2) is 28.5 Å². The molecule has 1 fully saturated rings. The topological polar surface area (TPSA) is 66.4 Å². The zero-order valence-corrected chi connectivity index (χ0v) is 10.9. The summed E-state index contributed by atoms with van der Waals surface area (Å²) >= 11 is 1.76. The number of nitrogens with one attached hydrogen (secondary N) is 1. The molecule has 1 atom stereocenters. The smallest absolute Gasteiger partial charge is 0.338 e. The van der Waals surface area contributed by atoms with E-state index in [1.807, 2.05) is 0 Å². The van der Waals surface area contributed by atoms with E-state index < -0.39 is 5.97 Å². The maximum atomic E-state index is 12.0. The molecule has 1 amide bonds. The molecule has 1 heterocycles. The summed E-state index contributed by atoms with van der Waals surface area (Å²) in [6.45, 7) is 1.73. The Morgan fingerprint density at radius 2 is 2.22 bits per heavy atom. The minimum absolute atomic E-state index is 0.00263. The molecule has 1 aliphatic heterocycles. The lowest BCUT2D eigenvalue weighted by molar-refractivity contribution is -0.119. The normalized spacial score (nSPS) is 18.6. The number of aromatic carboxylic acids is 1. The largest absolute Gasteiger partial charge is 0.478 e. The number of carbonyl (C=O) groups is 2. The predicted molar refractivity (Wildman–Crippen MR) is 72.2 cm³/mol. The van der Waals surface area contributed by atoms with Crippen LogP contribution in [-0.2, 0) is 4.79 Å². The molecule has 0 aliphatic carbocycles. The number of aryl methyl sites for hydroxylation is 1. The van der Waals surface area contributed by atoms with Crippen LogP contribution in [0.1, 0.15) is 22.3 Å². The van der Waals surface area contributed by atoms with Crippen molar-refractivity contribution in [1.29, 1.82) is 0 Å². The van der Waals surface area contributed by atoms with Gasteiger partial charge in [-0.25, -0.2) is 4.79 Å². The molecule has 0 radical (unpaired) electrons. The van der Waals surface area contributed by atoms with Crippen molar-refractivity contribution in [2.75, 3.05) is 16.8 Å². The maximum Gasteiger partial charge on any atom is 0.338 e. The molecule has 0 spiro atoms. The van der Waals surface area contributed by atoms with Gasteiger partial charge in [-0.3, -0.25) is 4.79 Å². The van der Waals surface area contributed by atoms with Gasteiger partial charge in [0.05, 0.1) is 11.3 Å². The standard InChI is InChI=1S/C13H15NO3S/c1-8-3-2-4-10(11(8)13(16)17)14-12(15)9-5-6-18-7-9/h2-4,9H,5-7H2,1H3,(H,14,15)(H,16,17). The number of anilines is 1. The highest BCUT2D eigenvalue weighted by atomic mass is 32.2. The van der Waals surface area contributed by atoms with Crippen molar-refractivity contribution in [2.45, 2.75) is 13.3 Å². The third-order valence-electron chi connectivity index (χ3n) is 3.05. The van der Waals surface area contributed by atoms with Crippen LogP contribution in [0.25, 0.3) is 0 Å². The van der Waals surface area contributed by atoms with E-state index in [0.717, 1.165) is 17.9 Å². The number of carboxylic acids is 1. The van der Waals surface area contributed by atoms with Gasteiger partial charge in [0, 0.05) is 11.7 Å². The molecule has 1 unspecified atom stereocenters. The monoisotopic (exact) mass is 265 g/mol. The number of benzene rings is 1. The predicted octanol–water partition coefficient (Wildman–Crippen LogP) is 2.38. The molecule has 96 valence electrons. The number of thioether (sulfide) groups is 1. The average Bonchev–Trinajstić information content (AvgIpc) is 2.81. The Morgan fingerprint density at radius 1 is 1.44 bits per heavy atom. The number of rotatable bonds is 3. The highest BCUT2D eigenvalue weighted by Crippen LogP contribution is 2.26. The van der Waals surface area contributed by atoms with Gasteiger partial charge in [-0.15, -0.1) is 0 Å². The first kappa shape index (κ1) is 13.0. The molecule has 5 heteroatoms. The fourth-order valence-electron chi connectivity index (χ4n) is 2.03. The molecule has 18 heavy (non-hydrogen) atoms. The van der Waals surface area contributed by atoms with Crippen molar-refractivity contribution >= 4 is 29.3 Å². The van der Waals surface area contributed by atoms with E-state index >= 15 is 0 Å². The number of hydrogen-bond acceptors (Lipinski definition) is 3. The van der Waals surface area contributed by atoms with Crippen LogP contribution in [0.15, 0.2) is 18.2 Å². The van der Waals surface area contributed by atoms with Gasteiger partial charge in [0.2, 0.25) is 5.91 Å². The van der Waals surface area contributed by atoms with Crippen molar-refractivity contribution in [3.05, 3.63) is 29.3 Å². The van der Waals surface area contributed by atoms with Gasteiger partial charge < -0.3 is 10.4 Å². The lowest BCUT2D eigenvalue weighted by atomic mass is 10.0. The Hall–Kier alpha value is -1.49. The van der Waals surface area contributed by atoms with E-state index in [4.69, 9.17) is 5.11 Å². The first-order chi connectivity index (χ1) is 8.59. The molecule has 0 aromatic heterocycles. The third kappa shape index (κ3) is 2.67. The molecule has 1 aromatic rings. The summed E-state index contributed by atoms with van der Waals surface area (Å²) in [4.78, 5) is 23.2. The van der Waals surface area contributed by atoms with Crippen molar-refractivity contribution < 1.29 is 14.7 Å². The first-order valence-corrected chi connectivity index (χ1v) is 6.96. The maximum absolute atomic E-state index is 12.0. The minimum Gasteiger partial charge on any atom is -0.478 e. The summed E-state index contributed by atoms with van der Waals surface area (Å²) in [6.07, 6.45) is 0.866. The number of carboxylic acid groups (broad SMARTS) is 1. The number of amides is 1. The Balaban J connectivity index is 2.20. The Kier molecular flexibility index (Phi) is 3.91. The van der Waals surface area contributed by atoms with Gasteiger partial charge in [-0.1, -0.05) is 12.1 Å². The third-order valence-corrected chi connectivity index (χ3v) is 4.21. The van der Waals surface area contributed by atoms with Gasteiger partial charge in [0.1, 0.15) is 0 Å². The molecule has 1 saturated heterocycles. The highest BCUT2D eigenvalue weighted by molar-refractivity contribution is 7.99. The van der Waals surface area contributed by atoms with E-state index in [2.05, 4.69) is 5.32 Å². The van der Waals surface area contributed by atoms with Crippen LogP contribution in [0, 0.1) is 12.8 Å². The van der Waals surface area contributed by atoms with Gasteiger partial charge in [-0.2, -0.15) is 11.8 Å². The van der Waals surface area contributed by atoms with Crippen LogP contribution in [0.3, 0.4) is 0 Å². The van der Waals surface area contributed by atoms with Crippen molar-refractivity contribution in [3.8, 4) is 0 Å². The van der Waals surface area contributed by atoms with Crippen LogP contribution in [0.4, 0.5) is 5.69 Å². The second-order valence-corrected chi connectivity index (χ2v) is 5.50. The molecule has 2 N–H and O–H groups in total. The first-order valence-electron chi connectivity index (χ1n) is 5.81. The molecule has 1 aliphatic rings. The second-order valence-electron chi connectivity index (χ2n) is 4.35. The second kappa shape index (κ2) is 5.44. The van der Waals surface area contributed by atoms with E-state index in [1.165, 1.54) is 0 Å². The Morgan fingerprint density at radius 3 is 2.83 bits per heavy atom. The van der Waals surface area contributed by atoms with Crippen LogP contribution in [0.2, 0.25) is 0 Å². The average molecular weight is 265 g/mol. The zero-order chi connectivity index (χ0) is 13.1. The summed E-state index contributed by atoms with van der Waals surface area (Å²) in [5.41, 5.74) is 1.22. The molecule has 2 rings (SSSR count). The molecule has 1 aromatic carbocycles. The van der Waals surface area contributed by atoms with E-state index in [9.17, 15) is 9.59 Å². The SMILES string of the molecule is Cc1cccc(NC(=O)C2CCSC2)c1C(=O)O. The number of carbonyl (C=O) groups excluding carboxylic acids is 1. The molecule has 4 nitrogen and oxygen atoms in total. The van der Waals surface area contributed by atoms with E-state index in [0.29, 0.717) is 11.3 Å². The molecule has 0 saturated carbocycles. The Labute approximate surface area is 110 Å². The fourth-order valence-corrected chi connectivity index (χ4v) is 3.25. The molecular weight excluding hydrogens is 250 g/mol. The highest BCUT2D eigenvalue weighted by Gasteiger charge is 2.24. The van der Waals surface area contributed by atoms with Gasteiger partial charge in [0.25, 0.3) is 0 Å². The summed E-state index contributed by atoms with van der Waals surface area (Å²) < 4.78 is 0. The fraction of sp³-hybridized carbons (Fsp3) is 0.385. The molecular formula is C13H15NO3S. The van der Waals surface area contributed by atoms with Gasteiger partial charge >= 0.3 is 5.97 Å². The van der Waals surface area contributed by atoms with Crippen molar-refractivity contribution in [2.24, 2.45) is 5.92 Å². The van der Waals surface area contributed by atoms with Crippen LogP contribution < -0.4 is 5.32 Å². The van der Waals surface area contributed by atoms with Gasteiger partial charge in [0.15, 0.2) is 0 Å². The van der Waals surface area contributed by atoms with Crippen LogP contribution in [0.5, 0.6) is 0 Å².